The van der Waals surface area contributed by atoms with Crippen LogP contribution >= 0.6 is 0 Å². The highest BCUT2D eigenvalue weighted by molar-refractivity contribution is 5.92. The Balaban J connectivity index is 2.10. The Morgan fingerprint density at radius 3 is 3.06 bits per heavy atom. The zero-order valence-electron chi connectivity index (χ0n) is 10.1. The summed E-state index contributed by atoms with van der Waals surface area (Å²) in [7, 11) is 3.92. The van der Waals surface area contributed by atoms with E-state index < -0.39 is 6.10 Å². The summed E-state index contributed by atoms with van der Waals surface area (Å²) in [6, 6.07) is 0.0656. The number of aromatic amines is 1. The van der Waals surface area contributed by atoms with Gasteiger partial charge in [0.05, 0.1) is 18.6 Å². The number of nitrogens with one attached hydrogen (secondary N) is 1. The van der Waals surface area contributed by atoms with Crippen LogP contribution in [-0.2, 0) is 0 Å². The summed E-state index contributed by atoms with van der Waals surface area (Å²) in [5, 5.41) is 9.69. The van der Waals surface area contributed by atoms with Gasteiger partial charge in [-0.1, -0.05) is 0 Å². The van der Waals surface area contributed by atoms with Gasteiger partial charge >= 0.3 is 0 Å². The van der Waals surface area contributed by atoms with E-state index >= 15 is 0 Å². The van der Waals surface area contributed by atoms with Crippen LogP contribution in [-0.4, -0.2) is 70.1 Å². The van der Waals surface area contributed by atoms with Crippen LogP contribution in [0.25, 0.3) is 0 Å². The third-order valence-corrected chi connectivity index (χ3v) is 2.96. The Morgan fingerprint density at radius 2 is 2.47 bits per heavy atom. The second-order valence-corrected chi connectivity index (χ2v) is 4.73. The number of aliphatic hydroxyl groups excluding tert-OH is 1. The number of carbonyl (C=O) groups is 1. The molecule has 1 fully saturated rings. The minimum absolute atomic E-state index is 0.0656. The Bertz CT molecular complexity index is 377. The number of rotatable bonds is 3. The van der Waals surface area contributed by atoms with Crippen molar-refractivity contribution in [3.63, 3.8) is 0 Å². The van der Waals surface area contributed by atoms with Gasteiger partial charge in [-0.15, -0.1) is 0 Å². The van der Waals surface area contributed by atoms with E-state index in [2.05, 4.69) is 9.97 Å². The fourth-order valence-corrected chi connectivity index (χ4v) is 2.26. The zero-order chi connectivity index (χ0) is 12.4. The molecular weight excluding hydrogens is 220 g/mol. The monoisotopic (exact) mass is 238 g/mol. The van der Waals surface area contributed by atoms with E-state index in [4.69, 9.17) is 0 Å². The Kier molecular flexibility index (Phi) is 3.44. The lowest BCUT2D eigenvalue weighted by Crippen LogP contribution is -2.41. The number of likely N-dealkylation sites (tertiary alicyclic amines) is 1. The molecule has 2 atom stereocenters. The molecule has 17 heavy (non-hydrogen) atoms. The second-order valence-electron chi connectivity index (χ2n) is 4.73. The predicted octanol–water partition coefficient (Wildman–Crippen LogP) is -0.453. The van der Waals surface area contributed by atoms with Gasteiger partial charge in [-0.3, -0.25) is 4.79 Å². The van der Waals surface area contributed by atoms with Gasteiger partial charge in [-0.2, -0.15) is 0 Å². The van der Waals surface area contributed by atoms with Gasteiger partial charge in [0.1, 0.15) is 5.69 Å². The van der Waals surface area contributed by atoms with Gasteiger partial charge in [0.25, 0.3) is 5.91 Å². The molecule has 0 radical (unpaired) electrons. The molecule has 2 unspecified atom stereocenters. The van der Waals surface area contributed by atoms with Crippen molar-refractivity contribution < 1.29 is 9.90 Å². The Morgan fingerprint density at radius 1 is 1.71 bits per heavy atom. The number of β-amino-alcohol motifs (C(OH)–C–C–N with tert-alkyl or cyclic N) is 1. The third kappa shape index (κ3) is 2.65. The van der Waals surface area contributed by atoms with Crippen molar-refractivity contribution in [2.24, 2.45) is 0 Å². The fourth-order valence-electron chi connectivity index (χ4n) is 2.26. The van der Waals surface area contributed by atoms with E-state index in [1.165, 1.54) is 12.5 Å². The number of aliphatic hydroxyl groups is 1. The first-order valence-corrected chi connectivity index (χ1v) is 5.70. The lowest BCUT2D eigenvalue weighted by atomic mass is 10.2. The van der Waals surface area contributed by atoms with E-state index in [9.17, 15) is 9.90 Å². The molecule has 1 aromatic rings. The minimum Gasteiger partial charge on any atom is -0.391 e. The molecule has 0 aliphatic carbocycles. The first-order chi connectivity index (χ1) is 8.08. The van der Waals surface area contributed by atoms with Crippen LogP contribution in [0.5, 0.6) is 0 Å². The SMILES string of the molecule is CN(C)CC1CC(O)CN1C(=O)c1cnc[nH]1. The molecular formula is C11H18N4O2. The van der Waals surface area contributed by atoms with Gasteiger partial charge in [0.15, 0.2) is 0 Å². The highest BCUT2D eigenvalue weighted by Crippen LogP contribution is 2.20. The Labute approximate surface area is 100 Å². The maximum absolute atomic E-state index is 12.2. The molecule has 2 heterocycles. The molecule has 1 saturated heterocycles. The van der Waals surface area contributed by atoms with Gasteiger partial charge in [0, 0.05) is 19.1 Å². The topological polar surface area (TPSA) is 72.5 Å². The lowest BCUT2D eigenvalue weighted by Gasteiger charge is -2.26. The largest absolute Gasteiger partial charge is 0.391 e. The van der Waals surface area contributed by atoms with Crippen molar-refractivity contribution in [3.05, 3.63) is 18.2 Å². The van der Waals surface area contributed by atoms with Crippen molar-refractivity contribution in [2.45, 2.75) is 18.6 Å². The van der Waals surface area contributed by atoms with Crippen LogP contribution in [0.2, 0.25) is 0 Å². The average Bonchev–Trinajstić information content (AvgIpc) is 2.85. The highest BCUT2D eigenvalue weighted by Gasteiger charge is 2.35. The quantitative estimate of drug-likeness (QED) is 0.748. The normalized spacial score (nSPS) is 24.6. The van der Waals surface area contributed by atoms with Crippen molar-refractivity contribution in [2.75, 3.05) is 27.2 Å². The minimum atomic E-state index is -0.424. The first-order valence-electron chi connectivity index (χ1n) is 5.70. The number of hydrogen-bond donors (Lipinski definition) is 2. The van der Waals surface area contributed by atoms with Crippen LogP contribution in [0.15, 0.2) is 12.5 Å². The van der Waals surface area contributed by atoms with E-state index in [0.29, 0.717) is 18.7 Å². The molecule has 0 spiro atoms. The number of aromatic nitrogens is 2. The summed E-state index contributed by atoms with van der Waals surface area (Å²) in [6.45, 7) is 1.16. The summed E-state index contributed by atoms with van der Waals surface area (Å²) in [5.74, 6) is -0.0918. The number of H-pyrrole nitrogens is 1. The molecule has 6 nitrogen and oxygen atoms in total. The predicted molar refractivity (Wildman–Crippen MR) is 62.6 cm³/mol. The number of carbonyl (C=O) groups excluding carboxylic acids is 1. The zero-order valence-corrected chi connectivity index (χ0v) is 10.1. The van der Waals surface area contributed by atoms with Crippen molar-refractivity contribution in [3.8, 4) is 0 Å². The van der Waals surface area contributed by atoms with E-state index in [-0.39, 0.29) is 11.9 Å². The summed E-state index contributed by atoms with van der Waals surface area (Å²) < 4.78 is 0. The van der Waals surface area contributed by atoms with Gasteiger partial charge in [0.2, 0.25) is 0 Å². The second kappa shape index (κ2) is 4.85. The smallest absolute Gasteiger partial charge is 0.272 e. The molecule has 1 aliphatic rings. The summed E-state index contributed by atoms with van der Waals surface area (Å²) in [6.07, 6.45) is 3.21. The molecule has 1 aliphatic heterocycles. The van der Waals surface area contributed by atoms with E-state index in [1.54, 1.807) is 4.90 Å². The molecule has 94 valence electrons. The maximum Gasteiger partial charge on any atom is 0.272 e. The van der Waals surface area contributed by atoms with Gasteiger partial charge < -0.3 is 19.9 Å². The van der Waals surface area contributed by atoms with E-state index in [1.807, 2.05) is 19.0 Å². The lowest BCUT2D eigenvalue weighted by molar-refractivity contribution is 0.0694. The summed E-state index contributed by atoms with van der Waals surface area (Å²) in [5.41, 5.74) is 0.475. The molecule has 2 rings (SSSR count). The van der Waals surface area contributed by atoms with Crippen LogP contribution in [0.4, 0.5) is 0 Å². The van der Waals surface area contributed by atoms with Crippen molar-refractivity contribution in [1.82, 2.24) is 19.8 Å². The van der Waals surface area contributed by atoms with Crippen LogP contribution in [0.1, 0.15) is 16.9 Å². The van der Waals surface area contributed by atoms with Crippen LogP contribution < -0.4 is 0 Å². The van der Waals surface area contributed by atoms with Crippen molar-refractivity contribution in [1.29, 1.82) is 0 Å². The summed E-state index contributed by atoms with van der Waals surface area (Å²) in [4.78, 5) is 22.6. The Hall–Kier alpha value is -1.40. The standard InChI is InChI=1S/C11H18N4O2/c1-14(2)5-8-3-9(16)6-15(8)11(17)10-4-12-7-13-10/h4,7-9,16H,3,5-6H2,1-2H3,(H,12,13). The maximum atomic E-state index is 12.2. The molecule has 2 N–H and O–H groups in total. The molecule has 0 bridgehead atoms. The molecule has 0 aromatic carbocycles. The number of likely N-dealkylation sites (N-methyl/N-ethyl adjacent to an activating group) is 1. The van der Waals surface area contributed by atoms with Gasteiger partial charge in [-0.05, 0) is 20.5 Å². The van der Waals surface area contributed by atoms with Gasteiger partial charge in [-0.25, -0.2) is 4.98 Å². The average molecular weight is 238 g/mol. The van der Waals surface area contributed by atoms with Crippen molar-refractivity contribution >= 4 is 5.91 Å². The fraction of sp³-hybridized carbons (Fsp3) is 0.636. The molecule has 6 heteroatoms. The van der Waals surface area contributed by atoms with E-state index in [0.717, 1.165) is 6.54 Å². The van der Waals surface area contributed by atoms with Crippen LogP contribution in [0.3, 0.4) is 0 Å². The number of hydrogen-bond acceptors (Lipinski definition) is 4. The van der Waals surface area contributed by atoms with Crippen LogP contribution in [0, 0.1) is 0 Å². The molecule has 0 saturated carbocycles. The first kappa shape index (κ1) is 12.1. The number of nitrogens with zero attached hydrogens (tertiary/aromatic N) is 3. The number of amides is 1. The molecule has 1 amide bonds. The highest BCUT2D eigenvalue weighted by atomic mass is 16.3. The number of imidazole rings is 1. The third-order valence-electron chi connectivity index (χ3n) is 2.96. The summed E-state index contributed by atoms with van der Waals surface area (Å²) >= 11 is 0. The molecule has 1 aromatic heterocycles.